The summed E-state index contributed by atoms with van der Waals surface area (Å²) in [6.07, 6.45) is 7.93. The van der Waals surface area contributed by atoms with Crippen molar-refractivity contribution in [3.63, 3.8) is 0 Å². The molecular weight excluding hydrogens is 194 g/mol. The van der Waals surface area contributed by atoms with Crippen LogP contribution in [0.4, 0.5) is 0 Å². The Hall–Kier alpha value is -0.950. The van der Waals surface area contributed by atoms with Gasteiger partial charge in [0.05, 0.1) is 10.7 Å². The molecule has 76 valence electrons. The lowest BCUT2D eigenvalue weighted by Gasteiger charge is -2.18. The van der Waals surface area contributed by atoms with Crippen LogP contribution in [0.3, 0.4) is 0 Å². The van der Waals surface area contributed by atoms with Gasteiger partial charge in [-0.25, -0.2) is 0 Å². The predicted octanol–water partition coefficient (Wildman–Crippen LogP) is 3.86. The Balaban J connectivity index is 2.86. The van der Waals surface area contributed by atoms with Crippen LogP contribution in [0.1, 0.15) is 26.7 Å². The van der Waals surface area contributed by atoms with Crippen LogP contribution in [0.15, 0.2) is 46.8 Å². The van der Waals surface area contributed by atoms with Crippen molar-refractivity contribution in [3.05, 3.63) is 46.8 Å². The second-order valence-electron chi connectivity index (χ2n) is 3.32. The van der Waals surface area contributed by atoms with Gasteiger partial charge in [-0.1, -0.05) is 30.3 Å². The summed E-state index contributed by atoms with van der Waals surface area (Å²) in [6.45, 7) is 7.81. The van der Waals surface area contributed by atoms with Crippen LogP contribution in [0.5, 0.6) is 0 Å². The van der Waals surface area contributed by atoms with Gasteiger partial charge >= 0.3 is 0 Å². The van der Waals surface area contributed by atoms with E-state index in [-0.39, 0.29) is 0 Å². The summed E-state index contributed by atoms with van der Waals surface area (Å²) in [6, 6.07) is 0. The first-order valence-corrected chi connectivity index (χ1v) is 5.18. The Morgan fingerprint density at radius 3 is 2.86 bits per heavy atom. The fourth-order valence-corrected chi connectivity index (χ4v) is 1.72. The van der Waals surface area contributed by atoms with Gasteiger partial charge in [-0.15, -0.1) is 0 Å². The Morgan fingerprint density at radius 2 is 2.36 bits per heavy atom. The molecule has 1 aliphatic carbocycles. The average Bonchev–Trinajstić information content (AvgIpc) is 2.18. The lowest BCUT2D eigenvalue weighted by Crippen LogP contribution is -2.15. The monoisotopic (exact) mass is 209 g/mol. The number of hydrogen-bond acceptors (Lipinski definition) is 1. The zero-order chi connectivity index (χ0) is 10.6. The molecule has 1 rings (SSSR count). The van der Waals surface area contributed by atoms with Crippen LogP contribution in [0, 0.1) is 0 Å². The third-order valence-electron chi connectivity index (χ3n) is 2.31. The fraction of sp³-hybridized carbons (Fsp3) is 0.333. The molecule has 0 saturated heterocycles. The van der Waals surface area contributed by atoms with Crippen LogP contribution >= 0.6 is 11.6 Å². The number of hydrogen-bond donors (Lipinski definition) is 1. The quantitative estimate of drug-likeness (QED) is 0.697. The molecule has 0 heterocycles. The lowest BCUT2D eigenvalue weighted by molar-refractivity contribution is 0.880. The Labute approximate surface area is 90.8 Å². The summed E-state index contributed by atoms with van der Waals surface area (Å²) >= 11 is 6.11. The number of rotatable bonds is 3. The molecule has 0 aromatic rings. The summed E-state index contributed by atoms with van der Waals surface area (Å²) < 4.78 is 0. The Bertz CT molecular complexity index is 321. The van der Waals surface area contributed by atoms with E-state index in [1.807, 2.05) is 19.1 Å². The van der Waals surface area contributed by atoms with Gasteiger partial charge in [0.2, 0.25) is 0 Å². The first-order chi connectivity index (χ1) is 6.69. The Morgan fingerprint density at radius 1 is 1.64 bits per heavy atom. The molecule has 0 aromatic carbocycles. The summed E-state index contributed by atoms with van der Waals surface area (Å²) in [5.74, 6) is 0. The van der Waals surface area contributed by atoms with Crippen LogP contribution in [-0.2, 0) is 0 Å². The van der Waals surface area contributed by atoms with Crippen molar-refractivity contribution < 1.29 is 0 Å². The van der Waals surface area contributed by atoms with E-state index in [4.69, 9.17) is 11.6 Å². The zero-order valence-corrected chi connectivity index (χ0v) is 9.49. The van der Waals surface area contributed by atoms with Crippen LogP contribution in [0.2, 0.25) is 0 Å². The van der Waals surface area contributed by atoms with Gasteiger partial charge in [-0.05, 0) is 38.3 Å². The molecule has 0 spiro atoms. The molecule has 0 saturated carbocycles. The number of halogens is 1. The van der Waals surface area contributed by atoms with Crippen molar-refractivity contribution in [2.24, 2.45) is 0 Å². The molecule has 2 heteroatoms. The average molecular weight is 210 g/mol. The molecule has 0 atom stereocenters. The Kier molecular flexibility index (Phi) is 4.02. The molecule has 0 bridgehead atoms. The molecule has 14 heavy (non-hydrogen) atoms. The molecule has 0 aliphatic heterocycles. The van der Waals surface area contributed by atoms with Gasteiger partial charge in [0.15, 0.2) is 0 Å². The maximum Gasteiger partial charge on any atom is 0.0600 e. The maximum absolute atomic E-state index is 6.11. The maximum atomic E-state index is 6.11. The van der Waals surface area contributed by atoms with Gasteiger partial charge in [-0.2, -0.15) is 0 Å². The van der Waals surface area contributed by atoms with Crippen LogP contribution in [0.25, 0.3) is 0 Å². The second-order valence-corrected chi connectivity index (χ2v) is 3.73. The van der Waals surface area contributed by atoms with Gasteiger partial charge in [-0.3, -0.25) is 0 Å². The lowest BCUT2D eigenvalue weighted by atomic mass is 10.0. The fourth-order valence-electron chi connectivity index (χ4n) is 1.40. The SMILES string of the molecule is C=C/C(=C/C)NC1=C(C)CCC=C1Cl. The second kappa shape index (κ2) is 5.06. The van der Waals surface area contributed by atoms with E-state index in [1.165, 1.54) is 5.57 Å². The molecular formula is C12H16ClN. The van der Waals surface area contributed by atoms with Crippen molar-refractivity contribution in [1.82, 2.24) is 5.32 Å². The molecule has 1 aliphatic rings. The summed E-state index contributed by atoms with van der Waals surface area (Å²) in [5, 5.41) is 4.09. The highest BCUT2D eigenvalue weighted by Gasteiger charge is 2.11. The third-order valence-corrected chi connectivity index (χ3v) is 2.65. The first kappa shape index (κ1) is 11.1. The molecule has 0 aromatic heterocycles. The minimum absolute atomic E-state index is 0.815. The minimum atomic E-state index is 0.815. The van der Waals surface area contributed by atoms with E-state index in [0.29, 0.717) is 0 Å². The van der Waals surface area contributed by atoms with Gasteiger partial charge in [0.25, 0.3) is 0 Å². The highest BCUT2D eigenvalue weighted by atomic mass is 35.5. The van der Waals surface area contributed by atoms with Crippen molar-refractivity contribution >= 4 is 11.6 Å². The topological polar surface area (TPSA) is 12.0 Å². The normalized spacial score (nSPS) is 17.9. The number of nitrogens with one attached hydrogen (secondary N) is 1. The van der Waals surface area contributed by atoms with E-state index in [1.54, 1.807) is 6.08 Å². The molecule has 0 amide bonds. The van der Waals surface area contributed by atoms with E-state index in [9.17, 15) is 0 Å². The molecule has 0 unspecified atom stereocenters. The van der Waals surface area contributed by atoms with Crippen molar-refractivity contribution in [1.29, 1.82) is 0 Å². The number of allylic oxidation sites excluding steroid dienone is 5. The standard InChI is InChI=1S/C12H16ClN/c1-4-10(5-2)14-12-9(3)7-6-8-11(12)13/h4-5,8,14H,1,6-7H2,2-3H3/b10-5-. The van der Waals surface area contributed by atoms with E-state index >= 15 is 0 Å². The zero-order valence-electron chi connectivity index (χ0n) is 8.73. The van der Waals surface area contributed by atoms with Gasteiger partial charge < -0.3 is 5.32 Å². The van der Waals surface area contributed by atoms with E-state index in [2.05, 4.69) is 18.8 Å². The van der Waals surface area contributed by atoms with Gasteiger partial charge in [0, 0.05) is 5.70 Å². The van der Waals surface area contributed by atoms with Crippen molar-refractivity contribution in [3.8, 4) is 0 Å². The molecule has 0 fully saturated rings. The first-order valence-electron chi connectivity index (χ1n) is 4.80. The largest absolute Gasteiger partial charge is 0.355 e. The highest BCUT2D eigenvalue weighted by molar-refractivity contribution is 6.32. The van der Waals surface area contributed by atoms with Crippen molar-refractivity contribution in [2.75, 3.05) is 0 Å². The smallest absolute Gasteiger partial charge is 0.0600 e. The molecule has 0 radical (unpaired) electrons. The summed E-state index contributed by atoms with van der Waals surface area (Å²) in [5.41, 5.74) is 3.33. The molecule has 1 N–H and O–H groups in total. The summed E-state index contributed by atoms with van der Waals surface area (Å²) in [4.78, 5) is 0. The minimum Gasteiger partial charge on any atom is -0.355 e. The van der Waals surface area contributed by atoms with Gasteiger partial charge in [0.1, 0.15) is 0 Å². The van der Waals surface area contributed by atoms with E-state index in [0.717, 1.165) is 29.3 Å². The van der Waals surface area contributed by atoms with E-state index < -0.39 is 0 Å². The third kappa shape index (κ3) is 2.52. The van der Waals surface area contributed by atoms with Crippen LogP contribution < -0.4 is 5.32 Å². The highest BCUT2D eigenvalue weighted by Crippen LogP contribution is 2.26. The summed E-state index contributed by atoms with van der Waals surface area (Å²) in [7, 11) is 0. The molecule has 1 nitrogen and oxygen atoms in total. The van der Waals surface area contributed by atoms with Crippen molar-refractivity contribution in [2.45, 2.75) is 26.7 Å². The predicted molar refractivity (Wildman–Crippen MR) is 63.0 cm³/mol. The van der Waals surface area contributed by atoms with Crippen LogP contribution in [-0.4, -0.2) is 0 Å².